The first-order chi connectivity index (χ1) is 25.3. The Morgan fingerprint density at radius 2 is 1.18 bits per heavy atom. The quantitative estimate of drug-likeness (QED) is 0.185. The highest BCUT2D eigenvalue weighted by Gasteiger charge is 2.22. The van der Waals surface area contributed by atoms with Crippen LogP contribution in [0.1, 0.15) is 18.2 Å². The van der Waals surface area contributed by atoms with Crippen LogP contribution in [0.15, 0.2) is 174 Å². The number of fused-ring (bicyclic) bond motifs is 5. The molecule has 7 aromatic carbocycles. The van der Waals surface area contributed by atoms with Gasteiger partial charge in [-0.1, -0.05) is 146 Å². The summed E-state index contributed by atoms with van der Waals surface area (Å²) in [4.78, 5) is 15.4. The van der Waals surface area contributed by atoms with E-state index in [-0.39, 0.29) is 5.92 Å². The topological polar surface area (TPSA) is 51.8 Å². The zero-order chi connectivity index (χ0) is 33.7. The maximum atomic E-state index is 6.62. The van der Waals surface area contributed by atoms with E-state index in [0.717, 1.165) is 83.7 Å². The molecule has 0 radical (unpaired) electrons. The van der Waals surface area contributed by atoms with Gasteiger partial charge in [0.05, 0.1) is 0 Å². The number of furan rings is 1. The van der Waals surface area contributed by atoms with E-state index < -0.39 is 0 Å². The summed E-state index contributed by atoms with van der Waals surface area (Å²) in [6, 6.07) is 51.1. The van der Waals surface area contributed by atoms with E-state index in [1.165, 1.54) is 5.39 Å². The summed E-state index contributed by atoms with van der Waals surface area (Å²) in [5.41, 5.74) is 8.20. The molecular formula is C47H31N3O. The van der Waals surface area contributed by atoms with Gasteiger partial charge in [0, 0.05) is 33.4 Å². The molecule has 4 nitrogen and oxygen atoms in total. The molecular weight excluding hydrogens is 623 g/mol. The molecule has 1 atom stereocenters. The molecule has 0 fully saturated rings. The Bertz CT molecular complexity index is 2850. The molecule has 0 saturated heterocycles. The lowest BCUT2D eigenvalue weighted by molar-refractivity contribution is 0.670. The predicted octanol–water partition coefficient (Wildman–Crippen LogP) is 12.3. The van der Waals surface area contributed by atoms with Crippen molar-refractivity contribution in [3.8, 4) is 45.0 Å². The van der Waals surface area contributed by atoms with Gasteiger partial charge in [-0.05, 0) is 68.9 Å². The average Bonchev–Trinajstić information content (AvgIpc) is 3.60. The van der Waals surface area contributed by atoms with Crippen molar-refractivity contribution >= 4 is 43.5 Å². The lowest BCUT2D eigenvalue weighted by Crippen LogP contribution is -2.08. The third kappa shape index (κ3) is 5.03. The molecule has 4 heteroatoms. The van der Waals surface area contributed by atoms with Crippen molar-refractivity contribution < 1.29 is 4.42 Å². The zero-order valence-electron chi connectivity index (χ0n) is 27.7. The molecule has 0 saturated carbocycles. The summed E-state index contributed by atoms with van der Waals surface area (Å²) in [7, 11) is 0. The van der Waals surface area contributed by atoms with E-state index in [1.807, 2.05) is 12.1 Å². The van der Waals surface area contributed by atoms with Crippen LogP contribution in [-0.4, -0.2) is 15.0 Å². The summed E-state index contributed by atoms with van der Waals surface area (Å²) in [5.74, 6) is 2.21. The lowest BCUT2D eigenvalue weighted by Gasteiger charge is -2.16. The van der Waals surface area contributed by atoms with Crippen molar-refractivity contribution in [1.82, 2.24) is 15.0 Å². The van der Waals surface area contributed by atoms with E-state index in [2.05, 4.69) is 158 Å². The third-order valence-electron chi connectivity index (χ3n) is 10.0. The second-order valence-corrected chi connectivity index (χ2v) is 13.1. The molecule has 0 N–H and O–H groups in total. The molecule has 1 aliphatic carbocycles. The first-order valence-electron chi connectivity index (χ1n) is 17.4. The van der Waals surface area contributed by atoms with Crippen LogP contribution in [0.4, 0.5) is 0 Å². The first kappa shape index (κ1) is 29.3. The standard InChI is InChI=1S/C47H31N3O/c1-3-14-31(15-4-1)35-25-27-39(43-41-21-11-12-22-42(41)51-44(35)43)38-26-28-40(37-20-10-9-19-36(37)38)47-49-45(32-16-5-2-6-17-32)48-46(50-47)34-24-23-30-13-7-8-18-33(30)29-34/h1-16,18-29,32H,17H2. The number of para-hydroxylation sites is 1. The highest BCUT2D eigenvalue weighted by Crippen LogP contribution is 2.44. The number of allylic oxidation sites excluding steroid dienone is 4. The second-order valence-electron chi connectivity index (χ2n) is 13.1. The largest absolute Gasteiger partial charge is 0.455 e. The molecule has 0 amide bonds. The Kier molecular flexibility index (Phi) is 6.91. The van der Waals surface area contributed by atoms with Crippen LogP contribution in [-0.2, 0) is 0 Å². The number of aromatic nitrogens is 3. The number of nitrogens with zero attached hydrogens (tertiary/aromatic N) is 3. The van der Waals surface area contributed by atoms with Gasteiger partial charge in [-0.2, -0.15) is 0 Å². The van der Waals surface area contributed by atoms with E-state index in [1.54, 1.807) is 0 Å². The summed E-state index contributed by atoms with van der Waals surface area (Å²) >= 11 is 0. The molecule has 240 valence electrons. The van der Waals surface area contributed by atoms with Gasteiger partial charge in [0.15, 0.2) is 11.6 Å². The van der Waals surface area contributed by atoms with Crippen LogP contribution in [0.25, 0.3) is 88.5 Å². The second kappa shape index (κ2) is 12.0. The van der Waals surface area contributed by atoms with Crippen LogP contribution in [0.3, 0.4) is 0 Å². The Labute approximate surface area is 295 Å². The van der Waals surface area contributed by atoms with E-state index >= 15 is 0 Å². The third-order valence-corrected chi connectivity index (χ3v) is 10.0. The average molecular weight is 654 g/mol. The predicted molar refractivity (Wildman–Crippen MR) is 209 cm³/mol. The maximum Gasteiger partial charge on any atom is 0.164 e. The molecule has 1 aliphatic rings. The van der Waals surface area contributed by atoms with Crippen LogP contribution >= 0.6 is 0 Å². The molecule has 2 aromatic heterocycles. The fourth-order valence-electron chi connectivity index (χ4n) is 7.53. The van der Waals surface area contributed by atoms with Gasteiger partial charge in [-0.15, -0.1) is 0 Å². The molecule has 51 heavy (non-hydrogen) atoms. The smallest absolute Gasteiger partial charge is 0.164 e. The minimum atomic E-state index is 0.0762. The van der Waals surface area contributed by atoms with Gasteiger partial charge >= 0.3 is 0 Å². The number of rotatable bonds is 5. The SMILES string of the molecule is C1=CCC(c2nc(-c3ccc4ccccc4c3)nc(-c3ccc(-c4ccc(-c5ccccc5)c5oc6ccccc6c45)c4ccccc34)n2)C=C1. The number of benzene rings is 7. The highest BCUT2D eigenvalue weighted by atomic mass is 16.3. The van der Waals surface area contributed by atoms with Crippen molar-refractivity contribution in [2.24, 2.45) is 0 Å². The molecule has 1 unspecified atom stereocenters. The molecule has 9 aromatic rings. The van der Waals surface area contributed by atoms with Crippen molar-refractivity contribution in [3.63, 3.8) is 0 Å². The lowest BCUT2D eigenvalue weighted by atomic mass is 9.90. The summed E-state index contributed by atoms with van der Waals surface area (Å²) in [6.07, 6.45) is 9.38. The van der Waals surface area contributed by atoms with Crippen molar-refractivity contribution in [3.05, 3.63) is 176 Å². The van der Waals surface area contributed by atoms with Crippen molar-refractivity contribution in [2.75, 3.05) is 0 Å². The van der Waals surface area contributed by atoms with Crippen LogP contribution in [0, 0.1) is 0 Å². The molecule has 0 bridgehead atoms. The number of hydrogen-bond donors (Lipinski definition) is 0. The van der Waals surface area contributed by atoms with Gasteiger partial charge in [-0.3, -0.25) is 0 Å². The fourth-order valence-corrected chi connectivity index (χ4v) is 7.53. The Morgan fingerprint density at radius 1 is 0.490 bits per heavy atom. The maximum absolute atomic E-state index is 6.62. The molecule has 0 spiro atoms. The highest BCUT2D eigenvalue weighted by molar-refractivity contribution is 6.19. The fraction of sp³-hybridized carbons (Fsp3) is 0.0426. The molecule has 10 rings (SSSR count). The Balaban J connectivity index is 1.18. The van der Waals surface area contributed by atoms with Crippen LogP contribution < -0.4 is 0 Å². The van der Waals surface area contributed by atoms with Crippen molar-refractivity contribution in [1.29, 1.82) is 0 Å². The zero-order valence-corrected chi connectivity index (χ0v) is 27.7. The van der Waals surface area contributed by atoms with Gasteiger partial charge < -0.3 is 4.42 Å². The monoisotopic (exact) mass is 653 g/mol. The summed E-state index contributed by atoms with van der Waals surface area (Å²) in [5, 5.41) is 6.78. The Hall–Kier alpha value is -6.65. The van der Waals surface area contributed by atoms with Crippen LogP contribution in [0.5, 0.6) is 0 Å². The van der Waals surface area contributed by atoms with Gasteiger partial charge in [-0.25, -0.2) is 15.0 Å². The number of hydrogen-bond acceptors (Lipinski definition) is 4. The minimum absolute atomic E-state index is 0.0762. The van der Waals surface area contributed by atoms with E-state index in [4.69, 9.17) is 19.4 Å². The minimum Gasteiger partial charge on any atom is -0.455 e. The summed E-state index contributed by atoms with van der Waals surface area (Å²) in [6.45, 7) is 0. The first-order valence-corrected chi connectivity index (χ1v) is 17.4. The van der Waals surface area contributed by atoms with Crippen molar-refractivity contribution in [2.45, 2.75) is 12.3 Å². The molecule has 0 aliphatic heterocycles. The van der Waals surface area contributed by atoms with Gasteiger partial charge in [0.1, 0.15) is 17.0 Å². The normalized spacial score (nSPS) is 14.2. The van der Waals surface area contributed by atoms with Gasteiger partial charge in [0.25, 0.3) is 0 Å². The Morgan fingerprint density at radius 3 is 2.02 bits per heavy atom. The van der Waals surface area contributed by atoms with Gasteiger partial charge in [0.2, 0.25) is 0 Å². The van der Waals surface area contributed by atoms with Crippen LogP contribution in [0.2, 0.25) is 0 Å². The van der Waals surface area contributed by atoms with E-state index in [0.29, 0.717) is 11.6 Å². The molecule has 2 heterocycles. The van der Waals surface area contributed by atoms with E-state index in [9.17, 15) is 0 Å². The summed E-state index contributed by atoms with van der Waals surface area (Å²) < 4.78 is 6.62.